The lowest BCUT2D eigenvalue weighted by molar-refractivity contribution is 0.0941. The van der Waals surface area contributed by atoms with Crippen LogP contribution in [0.1, 0.15) is 53.2 Å². The number of anilines is 1. The van der Waals surface area contributed by atoms with E-state index in [4.69, 9.17) is 24.8 Å². The van der Waals surface area contributed by atoms with Crippen LogP contribution in [-0.4, -0.2) is 64.5 Å². The number of carbonyl (C=O) groups excluding carboxylic acids is 2. The summed E-state index contributed by atoms with van der Waals surface area (Å²) in [6.45, 7) is 10.8. The Balaban J connectivity index is 2.32. The zero-order valence-corrected chi connectivity index (χ0v) is 21.1. The Morgan fingerprint density at radius 2 is 2.03 bits per heavy atom. The van der Waals surface area contributed by atoms with Gasteiger partial charge in [-0.1, -0.05) is 6.92 Å². The number of hydrogen-bond acceptors (Lipinski definition) is 9. The molecule has 2 aromatic rings. The Kier molecular flexibility index (Phi) is 11.1. The Labute approximate surface area is 205 Å². The average molecular weight is 509 g/mol. The van der Waals surface area contributed by atoms with Crippen LogP contribution < -0.4 is 20.7 Å². The molecule has 5 N–H and O–H groups in total. The van der Waals surface area contributed by atoms with Gasteiger partial charge in [0.25, 0.3) is 5.91 Å². The molecule has 0 radical (unpaired) electrons. The monoisotopic (exact) mass is 508 g/mol. The van der Waals surface area contributed by atoms with Gasteiger partial charge >= 0.3 is 8.60 Å². The van der Waals surface area contributed by atoms with Crippen LogP contribution in [-0.2, 0) is 11.1 Å². The van der Waals surface area contributed by atoms with E-state index < -0.39 is 14.5 Å². The third-order valence-corrected chi connectivity index (χ3v) is 5.35. The van der Waals surface area contributed by atoms with Crippen LogP contribution in [0.3, 0.4) is 0 Å². The van der Waals surface area contributed by atoms with Gasteiger partial charge in [0.05, 0.1) is 31.3 Å². The van der Waals surface area contributed by atoms with Crippen LogP contribution in [0.4, 0.5) is 11.4 Å². The molecule has 35 heavy (non-hydrogen) atoms. The molecule has 0 aliphatic carbocycles. The first kappa shape index (κ1) is 28.2. The summed E-state index contributed by atoms with van der Waals surface area (Å²) in [5.74, 6) is -0.602. The van der Waals surface area contributed by atoms with Crippen molar-refractivity contribution >= 4 is 38.5 Å². The molecule has 0 unspecified atom stereocenters. The SMILES string of the molecule is C=Nc1cc(C(N)=O)cc(OCCCOP(O)O)c1N(CCC)CNC(=O)c1cc(C)nn1CC. The molecule has 0 fully saturated rings. The fourth-order valence-corrected chi connectivity index (χ4v) is 3.73. The zero-order valence-electron chi connectivity index (χ0n) is 20.2. The number of benzene rings is 1. The highest BCUT2D eigenvalue weighted by Crippen LogP contribution is 2.39. The second-order valence-corrected chi connectivity index (χ2v) is 8.33. The molecule has 0 spiro atoms. The number of aromatic nitrogens is 2. The zero-order chi connectivity index (χ0) is 26.0. The Bertz CT molecular complexity index is 1030. The molecule has 0 aliphatic heterocycles. The highest BCUT2D eigenvalue weighted by Gasteiger charge is 2.21. The number of nitrogens with one attached hydrogen (secondary N) is 1. The summed E-state index contributed by atoms with van der Waals surface area (Å²) in [6, 6.07) is 4.76. The molecular formula is C22H33N6O6P. The number of carbonyl (C=O) groups is 2. The number of nitrogens with zero attached hydrogens (tertiary/aromatic N) is 4. The molecule has 0 saturated carbocycles. The van der Waals surface area contributed by atoms with Gasteiger partial charge in [-0.25, -0.2) is 0 Å². The first-order valence-electron chi connectivity index (χ1n) is 11.2. The van der Waals surface area contributed by atoms with Crippen molar-refractivity contribution in [1.29, 1.82) is 0 Å². The first-order valence-corrected chi connectivity index (χ1v) is 12.3. The van der Waals surface area contributed by atoms with E-state index in [1.807, 2.05) is 25.7 Å². The van der Waals surface area contributed by atoms with Crippen molar-refractivity contribution in [3.8, 4) is 5.75 Å². The summed E-state index contributed by atoms with van der Waals surface area (Å²) in [5.41, 5.74) is 7.80. The molecule has 1 heterocycles. The van der Waals surface area contributed by atoms with Crippen molar-refractivity contribution in [2.24, 2.45) is 10.7 Å². The van der Waals surface area contributed by atoms with Crippen LogP contribution in [0.2, 0.25) is 0 Å². The lowest BCUT2D eigenvalue weighted by Gasteiger charge is -2.28. The number of amides is 2. The summed E-state index contributed by atoms with van der Waals surface area (Å²) < 4.78 is 12.3. The molecule has 1 aromatic carbocycles. The quantitative estimate of drug-likeness (QED) is 0.123. The maximum Gasteiger partial charge on any atom is 0.327 e. The van der Waals surface area contributed by atoms with Crippen molar-refractivity contribution in [2.75, 3.05) is 31.3 Å². The summed E-state index contributed by atoms with van der Waals surface area (Å²) >= 11 is 0. The molecule has 192 valence electrons. The number of nitrogens with two attached hydrogens (primary N) is 1. The molecule has 0 saturated heterocycles. The van der Waals surface area contributed by atoms with Crippen LogP contribution >= 0.6 is 8.60 Å². The minimum atomic E-state index is -2.44. The molecule has 2 rings (SSSR count). The van der Waals surface area contributed by atoms with Crippen molar-refractivity contribution in [1.82, 2.24) is 15.1 Å². The van der Waals surface area contributed by atoms with Gasteiger partial charge in [-0.3, -0.25) is 19.3 Å². The number of hydrogen-bond donors (Lipinski definition) is 4. The molecule has 0 aliphatic rings. The molecule has 0 bridgehead atoms. The predicted molar refractivity (Wildman–Crippen MR) is 134 cm³/mol. The van der Waals surface area contributed by atoms with Gasteiger partial charge in [0.1, 0.15) is 17.1 Å². The average Bonchev–Trinajstić information content (AvgIpc) is 3.21. The number of ether oxygens (including phenoxy) is 1. The van der Waals surface area contributed by atoms with Gasteiger partial charge in [-0.05, 0) is 45.2 Å². The van der Waals surface area contributed by atoms with Gasteiger partial charge in [0.2, 0.25) is 5.91 Å². The molecule has 2 amide bonds. The fraction of sp³-hybridized carbons (Fsp3) is 0.455. The van der Waals surface area contributed by atoms with Gasteiger partial charge in [-0.2, -0.15) is 5.10 Å². The van der Waals surface area contributed by atoms with Crippen molar-refractivity contribution in [2.45, 2.75) is 40.2 Å². The van der Waals surface area contributed by atoms with E-state index in [1.165, 1.54) is 12.1 Å². The van der Waals surface area contributed by atoms with E-state index in [0.717, 1.165) is 12.1 Å². The van der Waals surface area contributed by atoms with Gasteiger partial charge in [-0.15, -0.1) is 0 Å². The molecule has 0 atom stereocenters. The largest absolute Gasteiger partial charge is 0.491 e. The van der Waals surface area contributed by atoms with Gasteiger partial charge < -0.3 is 35.0 Å². The summed E-state index contributed by atoms with van der Waals surface area (Å²) in [4.78, 5) is 48.4. The van der Waals surface area contributed by atoms with Crippen molar-refractivity contribution in [3.63, 3.8) is 0 Å². The molecule has 13 heteroatoms. The second-order valence-electron chi connectivity index (χ2n) is 7.57. The maximum absolute atomic E-state index is 12.9. The van der Waals surface area contributed by atoms with Crippen LogP contribution in [0.15, 0.2) is 23.2 Å². The third-order valence-electron chi connectivity index (χ3n) is 4.94. The lowest BCUT2D eigenvalue weighted by Crippen LogP contribution is -2.39. The topological polar surface area (TPSA) is 165 Å². The number of aliphatic imine (C=N–C) groups is 1. The van der Waals surface area contributed by atoms with Crippen molar-refractivity contribution < 1.29 is 28.6 Å². The van der Waals surface area contributed by atoms with E-state index in [1.54, 1.807) is 10.7 Å². The van der Waals surface area contributed by atoms with Crippen LogP contribution in [0, 0.1) is 6.92 Å². The van der Waals surface area contributed by atoms with Crippen LogP contribution in [0.25, 0.3) is 0 Å². The van der Waals surface area contributed by atoms with E-state index in [-0.39, 0.29) is 31.4 Å². The first-order chi connectivity index (χ1) is 16.7. The van der Waals surface area contributed by atoms with E-state index in [2.05, 4.69) is 22.1 Å². The number of rotatable bonds is 15. The second kappa shape index (κ2) is 13.7. The fourth-order valence-electron chi connectivity index (χ4n) is 3.44. The maximum atomic E-state index is 12.9. The summed E-state index contributed by atoms with van der Waals surface area (Å²) in [6.07, 6.45) is 1.11. The lowest BCUT2D eigenvalue weighted by atomic mass is 10.1. The van der Waals surface area contributed by atoms with Gasteiger partial charge in [0, 0.05) is 25.1 Å². The summed E-state index contributed by atoms with van der Waals surface area (Å²) in [7, 11) is -2.44. The number of primary amides is 1. The minimum Gasteiger partial charge on any atom is -0.491 e. The molecule has 12 nitrogen and oxygen atoms in total. The van der Waals surface area contributed by atoms with Crippen LogP contribution in [0.5, 0.6) is 5.75 Å². The Morgan fingerprint density at radius 3 is 2.63 bits per heavy atom. The smallest absolute Gasteiger partial charge is 0.327 e. The number of aryl methyl sites for hydroxylation is 2. The predicted octanol–water partition coefficient (Wildman–Crippen LogP) is 2.24. The van der Waals surface area contributed by atoms with E-state index in [9.17, 15) is 9.59 Å². The molecule has 1 aromatic heterocycles. The molecular weight excluding hydrogens is 475 g/mol. The van der Waals surface area contributed by atoms with Crippen molar-refractivity contribution in [3.05, 3.63) is 35.2 Å². The normalized spacial score (nSPS) is 10.9. The van der Waals surface area contributed by atoms with E-state index in [0.29, 0.717) is 42.3 Å². The Morgan fingerprint density at radius 1 is 1.29 bits per heavy atom. The highest BCUT2D eigenvalue weighted by molar-refractivity contribution is 7.39. The summed E-state index contributed by atoms with van der Waals surface area (Å²) in [5, 5.41) is 7.23. The van der Waals surface area contributed by atoms with Gasteiger partial charge in [0.15, 0.2) is 0 Å². The Hall–Kier alpha value is -3.05. The highest BCUT2D eigenvalue weighted by atomic mass is 31.2. The third kappa shape index (κ3) is 8.00. The van der Waals surface area contributed by atoms with E-state index >= 15 is 0 Å². The standard InChI is InChI=1S/C22H33N6O6P/c1-5-8-27(14-25-22(30)18-11-15(3)26-28(18)6-2)20-17(24-4)12-16(21(23)29)13-19(20)33-9-7-10-34-35(31)32/h11-13,31-32H,4-10,14H2,1-3H3,(H2,23,29)(H,25,30). The minimum absolute atomic E-state index is 0.0787.